The van der Waals surface area contributed by atoms with Crippen LogP contribution in [0.3, 0.4) is 0 Å². The summed E-state index contributed by atoms with van der Waals surface area (Å²) in [4.78, 5) is 5.15. The summed E-state index contributed by atoms with van der Waals surface area (Å²) in [6.07, 6.45) is 2.62. The van der Waals surface area contributed by atoms with Crippen molar-refractivity contribution in [2.45, 2.75) is 18.9 Å². The van der Waals surface area contributed by atoms with Crippen LogP contribution in [0.25, 0.3) is 0 Å². The molecular formula is C13H25N3O. The smallest absolute Gasteiger partial charge is 0.0594 e. The van der Waals surface area contributed by atoms with Gasteiger partial charge in [0.15, 0.2) is 0 Å². The van der Waals surface area contributed by atoms with E-state index in [9.17, 15) is 0 Å². The van der Waals surface area contributed by atoms with Crippen LogP contribution < -0.4 is 5.73 Å². The number of rotatable bonds is 3. The highest BCUT2D eigenvalue weighted by molar-refractivity contribution is 4.95. The SMILES string of the molecule is NC1CCC2CN(CCN3CCOCC3)CC12. The third-order valence-corrected chi connectivity index (χ3v) is 4.82. The van der Waals surface area contributed by atoms with Gasteiger partial charge in [-0.1, -0.05) is 0 Å². The first-order chi connectivity index (χ1) is 8.33. The number of nitrogens with zero attached hydrogens (tertiary/aromatic N) is 2. The first kappa shape index (κ1) is 11.9. The fourth-order valence-electron chi connectivity index (χ4n) is 3.69. The van der Waals surface area contributed by atoms with Crippen LogP contribution in [0.1, 0.15) is 12.8 Å². The highest BCUT2D eigenvalue weighted by atomic mass is 16.5. The van der Waals surface area contributed by atoms with E-state index in [1.807, 2.05) is 0 Å². The van der Waals surface area contributed by atoms with Crippen LogP contribution in [0.5, 0.6) is 0 Å². The van der Waals surface area contributed by atoms with Crippen LogP contribution in [0.2, 0.25) is 0 Å². The van der Waals surface area contributed by atoms with Gasteiger partial charge in [-0.05, 0) is 24.7 Å². The summed E-state index contributed by atoms with van der Waals surface area (Å²) in [6.45, 7) is 9.02. The predicted octanol–water partition coefficient (Wildman–Crippen LogP) is -0.0123. The molecule has 0 aromatic carbocycles. The summed E-state index contributed by atoms with van der Waals surface area (Å²) < 4.78 is 5.37. The van der Waals surface area contributed by atoms with Gasteiger partial charge < -0.3 is 15.4 Å². The first-order valence-electron chi connectivity index (χ1n) is 7.11. The second-order valence-corrected chi connectivity index (χ2v) is 5.88. The number of nitrogens with two attached hydrogens (primary N) is 1. The molecule has 0 aromatic heterocycles. The normalized spacial score (nSPS) is 39.7. The van der Waals surface area contributed by atoms with Crippen molar-refractivity contribution in [2.75, 3.05) is 52.5 Å². The molecule has 0 radical (unpaired) electrons. The fraction of sp³-hybridized carbons (Fsp3) is 1.00. The Hall–Kier alpha value is -0.160. The van der Waals surface area contributed by atoms with Crippen molar-refractivity contribution in [1.29, 1.82) is 0 Å². The molecule has 3 rings (SSSR count). The zero-order chi connectivity index (χ0) is 11.7. The molecule has 2 saturated heterocycles. The van der Waals surface area contributed by atoms with Crippen LogP contribution in [0, 0.1) is 11.8 Å². The largest absolute Gasteiger partial charge is 0.379 e. The number of hydrogen-bond acceptors (Lipinski definition) is 4. The Morgan fingerprint density at radius 2 is 1.76 bits per heavy atom. The Balaban J connectivity index is 1.41. The van der Waals surface area contributed by atoms with E-state index in [-0.39, 0.29) is 0 Å². The first-order valence-corrected chi connectivity index (χ1v) is 7.11. The van der Waals surface area contributed by atoms with Gasteiger partial charge in [0, 0.05) is 45.3 Å². The molecule has 98 valence electrons. The van der Waals surface area contributed by atoms with Gasteiger partial charge in [0.25, 0.3) is 0 Å². The maximum atomic E-state index is 6.17. The van der Waals surface area contributed by atoms with E-state index in [4.69, 9.17) is 10.5 Å². The van der Waals surface area contributed by atoms with Gasteiger partial charge in [-0.15, -0.1) is 0 Å². The minimum absolute atomic E-state index is 0.480. The van der Waals surface area contributed by atoms with E-state index in [0.717, 1.165) is 38.1 Å². The van der Waals surface area contributed by atoms with Gasteiger partial charge >= 0.3 is 0 Å². The summed E-state index contributed by atoms with van der Waals surface area (Å²) >= 11 is 0. The average Bonchev–Trinajstić information content (AvgIpc) is 2.91. The Kier molecular flexibility index (Phi) is 3.66. The molecule has 3 aliphatic rings. The van der Waals surface area contributed by atoms with Gasteiger partial charge in [-0.3, -0.25) is 4.90 Å². The molecule has 1 saturated carbocycles. The number of hydrogen-bond donors (Lipinski definition) is 1. The maximum absolute atomic E-state index is 6.17. The van der Waals surface area contributed by atoms with E-state index in [2.05, 4.69) is 9.80 Å². The van der Waals surface area contributed by atoms with Crippen molar-refractivity contribution in [3.8, 4) is 0 Å². The molecule has 4 nitrogen and oxygen atoms in total. The van der Waals surface area contributed by atoms with Crippen LogP contribution in [0.15, 0.2) is 0 Å². The predicted molar refractivity (Wildman–Crippen MR) is 67.9 cm³/mol. The maximum Gasteiger partial charge on any atom is 0.0594 e. The topological polar surface area (TPSA) is 41.7 Å². The van der Waals surface area contributed by atoms with Crippen LogP contribution >= 0.6 is 0 Å². The summed E-state index contributed by atoms with van der Waals surface area (Å²) in [5.74, 6) is 1.69. The number of likely N-dealkylation sites (tertiary alicyclic amines) is 1. The molecule has 4 heteroatoms. The van der Waals surface area contributed by atoms with Crippen molar-refractivity contribution >= 4 is 0 Å². The monoisotopic (exact) mass is 239 g/mol. The minimum atomic E-state index is 0.480. The number of morpholine rings is 1. The van der Waals surface area contributed by atoms with Crippen LogP contribution in [-0.2, 0) is 4.74 Å². The van der Waals surface area contributed by atoms with E-state index in [1.165, 1.54) is 39.0 Å². The molecular weight excluding hydrogens is 214 g/mol. The Labute approximate surface area is 104 Å². The van der Waals surface area contributed by atoms with Gasteiger partial charge in [0.2, 0.25) is 0 Å². The van der Waals surface area contributed by atoms with Crippen molar-refractivity contribution in [3.63, 3.8) is 0 Å². The van der Waals surface area contributed by atoms with Crippen molar-refractivity contribution in [2.24, 2.45) is 17.6 Å². The molecule has 3 atom stereocenters. The lowest BCUT2D eigenvalue weighted by Crippen LogP contribution is -2.41. The molecule has 17 heavy (non-hydrogen) atoms. The number of fused-ring (bicyclic) bond motifs is 1. The van der Waals surface area contributed by atoms with Crippen molar-refractivity contribution in [3.05, 3.63) is 0 Å². The summed E-state index contributed by atoms with van der Waals surface area (Å²) in [6, 6.07) is 0.480. The lowest BCUT2D eigenvalue weighted by atomic mass is 9.98. The van der Waals surface area contributed by atoms with E-state index >= 15 is 0 Å². The van der Waals surface area contributed by atoms with Crippen LogP contribution in [-0.4, -0.2) is 68.3 Å². The molecule has 0 spiro atoms. The Morgan fingerprint density at radius 3 is 2.53 bits per heavy atom. The van der Waals surface area contributed by atoms with Crippen molar-refractivity contribution < 1.29 is 4.74 Å². The molecule has 0 bridgehead atoms. The van der Waals surface area contributed by atoms with Gasteiger partial charge in [0.1, 0.15) is 0 Å². The molecule has 2 aliphatic heterocycles. The second kappa shape index (κ2) is 5.22. The third-order valence-electron chi connectivity index (χ3n) is 4.82. The lowest BCUT2D eigenvalue weighted by Gasteiger charge is -2.28. The number of ether oxygens (including phenoxy) is 1. The summed E-state index contributed by atoms with van der Waals surface area (Å²) in [5.41, 5.74) is 6.17. The standard InChI is InChI=1S/C13H25N3O/c14-13-2-1-11-9-16(10-12(11)13)4-3-15-5-7-17-8-6-15/h11-13H,1-10,14H2. The van der Waals surface area contributed by atoms with E-state index < -0.39 is 0 Å². The molecule has 3 unspecified atom stereocenters. The van der Waals surface area contributed by atoms with Gasteiger partial charge in [0.05, 0.1) is 13.2 Å². The lowest BCUT2D eigenvalue weighted by molar-refractivity contribution is 0.0340. The molecule has 3 fully saturated rings. The molecule has 2 heterocycles. The molecule has 1 aliphatic carbocycles. The Bertz CT molecular complexity index is 255. The van der Waals surface area contributed by atoms with Crippen molar-refractivity contribution in [1.82, 2.24) is 9.80 Å². The highest BCUT2D eigenvalue weighted by Gasteiger charge is 2.40. The zero-order valence-corrected chi connectivity index (χ0v) is 10.7. The third kappa shape index (κ3) is 2.65. The quantitative estimate of drug-likeness (QED) is 0.752. The second-order valence-electron chi connectivity index (χ2n) is 5.88. The van der Waals surface area contributed by atoms with Gasteiger partial charge in [-0.25, -0.2) is 0 Å². The highest BCUT2D eigenvalue weighted by Crippen LogP contribution is 2.36. The Morgan fingerprint density at radius 1 is 1.00 bits per heavy atom. The molecule has 0 amide bonds. The van der Waals surface area contributed by atoms with Crippen LogP contribution in [0.4, 0.5) is 0 Å². The summed E-state index contributed by atoms with van der Waals surface area (Å²) in [5, 5.41) is 0. The average molecular weight is 239 g/mol. The summed E-state index contributed by atoms with van der Waals surface area (Å²) in [7, 11) is 0. The van der Waals surface area contributed by atoms with E-state index in [1.54, 1.807) is 0 Å². The van der Waals surface area contributed by atoms with Gasteiger partial charge in [-0.2, -0.15) is 0 Å². The molecule has 0 aromatic rings. The van der Waals surface area contributed by atoms with E-state index in [0.29, 0.717) is 6.04 Å². The fourth-order valence-corrected chi connectivity index (χ4v) is 3.69. The minimum Gasteiger partial charge on any atom is -0.379 e. The molecule has 2 N–H and O–H groups in total. The zero-order valence-electron chi connectivity index (χ0n) is 10.7.